The normalized spacial score (nSPS) is 10.4. The number of aryl methyl sites for hydroxylation is 2. The Kier molecular flexibility index (Phi) is 3.78. The number of halogens is 1. The maximum absolute atomic E-state index is 9.77. The molecule has 0 heterocycles. The number of benzene rings is 2. The first-order valence-electron chi connectivity index (χ1n) is 5.85. The molecule has 0 aromatic heterocycles. The number of phenolic OH excluding ortho intramolecular Hbond substituents is 1. The van der Waals surface area contributed by atoms with Gasteiger partial charge in [0.1, 0.15) is 5.75 Å². The Labute approximate surface area is 112 Å². The van der Waals surface area contributed by atoms with Crippen LogP contribution < -0.4 is 5.32 Å². The minimum absolute atomic E-state index is 0.319. The SMILES string of the molecule is Cc1ccc(O)c(CNc2ccc(Cl)cc2C)c1. The molecular formula is C15H16ClNO. The Morgan fingerprint density at radius 1 is 1.11 bits per heavy atom. The average molecular weight is 262 g/mol. The summed E-state index contributed by atoms with van der Waals surface area (Å²) >= 11 is 5.91. The van der Waals surface area contributed by atoms with Gasteiger partial charge < -0.3 is 10.4 Å². The highest BCUT2D eigenvalue weighted by Crippen LogP contribution is 2.23. The van der Waals surface area contributed by atoms with Crippen LogP contribution in [0.15, 0.2) is 36.4 Å². The summed E-state index contributed by atoms with van der Waals surface area (Å²) in [7, 11) is 0. The number of rotatable bonds is 3. The van der Waals surface area contributed by atoms with E-state index in [1.807, 2.05) is 44.2 Å². The number of nitrogens with one attached hydrogen (secondary N) is 1. The summed E-state index contributed by atoms with van der Waals surface area (Å²) in [6.07, 6.45) is 0. The predicted octanol–water partition coefficient (Wildman–Crippen LogP) is 4.27. The van der Waals surface area contributed by atoms with Crippen molar-refractivity contribution in [1.82, 2.24) is 0 Å². The summed E-state index contributed by atoms with van der Waals surface area (Å²) in [5, 5.41) is 13.8. The van der Waals surface area contributed by atoms with Crippen molar-refractivity contribution in [3.05, 3.63) is 58.1 Å². The highest BCUT2D eigenvalue weighted by atomic mass is 35.5. The van der Waals surface area contributed by atoms with Crippen LogP contribution in [0.25, 0.3) is 0 Å². The maximum atomic E-state index is 9.77. The van der Waals surface area contributed by atoms with Crippen molar-refractivity contribution < 1.29 is 5.11 Å². The Balaban J connectivity index is 2.13. The zero-order valence-electron chi connectivity index (χ0n) is 10.5. The van der Waals surface area contributed by atoms with Crippen LogP contribution in [0.5, 0.6) is 5.75 Å². The second kappa shape index (κ2) is 5.32. The van der Waals surface area contributed by atoms with Gasteiger partial charge in [-0.25, -0.2) is 0 Å². The Morgan fingerprint density at radius 3 is 2.61 bits per heavy atom. The van der Waals surface area contributed by atoms with Gasteiger partial charge in [-0.3, -0.25) is 0 Å². The first-order chi connectivity index (χ1) is 8.56. The highest BCUT2D eigenvalue weighted by Gasteiger charge is 2.03. The molecular weight excluding hydrogens is 246 g/mol. The van der Waals surface area contributed by atoms with Gasteiger partial charge in [-0.2, -0.15) is 0 Å². The molecule has 0 spiro atoms. The van der Waals surface area contributed by atoms with Crippen LogP contribution in [0.2, 0.25) is 5.02 Å². The quantitative estimate of drug-likeness (QED) is 0.865. The van der Waals surface area contributed by atoms with Crippen molar-refractivity contribution in [2.24, 2.45) is 0 Å². The van der Waals surface area contributed by atoms with Crippen molar-refractivity contribution >= 4 is 17.3 Å². The molecule has 2 N–H and O–H groups in total. The van der Waals surface area contributed by atoms with E-state index in [1.165, 1.54) is 0 Å². The molecule has 2 aromatic rings. The first-order valence-corrected chi connectivity index (χ1v) is 6.22. The van der Waals surface area contributed by atoms with Crippen molar-refractivity contribution in [2.75, 3.05) is 5.32 Å². The fraction of sp³-hybridized carbons (Fsp3) is 0.200. The molecule has 18 heavy (non-hydrogen) atoms. The van der Waals surface area contributed by atoms with Crippen LogP contribution in [0, 0.1) is 13.8 Å². The lowest BCUT2D eigenvalue weighted by molar-refractivity contribution is 0.469. The zero-order chi connectivity index (χ0) is 13.1. The molecule has 0 bridgehead atoms. The van der Waals surface area contributed by atoms with E-state index < -0.39 is 0 Å². The summed E-state index contributed by atoms with van der Waals surface area (Å²) in [5.74, 6) is 0.319. The van der Waals surface area contributed by atoms with E-state index in [2.05, 4.69) is 5.32 Å². The minimum atomic E-state index is 0.319. The molecule has 2 aromatic carbocycles. The van der Waals surface area contributed by atoms with Crippen molar-refractivity contribution in [3.8, 4) is 5.75 Å². The summed E-state index contributed by atoms with van der Waals surface area (Å²) in [5.41, 5.74) is 4.15. The van der Waals surface area contributed by atoms with Gasteiger partial charge in [0.05, 0.1) is 0 Å². The van der Waals surface area contributed by atoms with E-state index in [-0.39, 0.29) is 0 Å². The van der Waals surface area contributed by atoms with Gasteiger partial charge in [0.15, 0.2) is 0 Å². The van der Waals surface area contributed by atoms with E-state index in [1.54, 1.807) is 6.07 Å². The summed E-state index contributed by atoms with van der Waals surface area (Å²) < 4.78 is 0. The molecule has 0 atom stereocenters. The summed E-state index contributed by atoms with van der Waals surface area (Å²) in [4.78, 5) is 0. The molecule has 0 amide bonds. The van der Waals surface area contributed by atoms with E-state index in [0.29, 0.717) is 12.3 Å². The fourth-order valence-corrected chi connectivity index (χ4v) is 2.10. The molecule has 0 aliphatic carbocycles. The molecule has 0 radical (unpaired) electrons. The lowest BCUT2D eigenvalue weighted by Crippen LogP contribution is -2.01. The van der Waals surface area contributed by atoms with Crippen LogP contribution in [-0.2, 0) is 6.54 Å². The maximum Gasteiger partial charge on any atom is 0.120 e. The largest absolute Gasteiger partial charge is 0.508 e. The third-order valence-electron chi connectivity index (χ3n) is 2.89. The Bertz CT molecular complexity index is 566. The molecule has 3 heteroatoms. The second-order valence-electron chi connectivity index (χ2n) is 4.44. The van der Waals surface area contributed by atoms with Crippen LogP contribution in [0.3, 0.4) is 0 Å². The molecule has 94 valence electrons. The van der Waals surface area contributed by atoms with Crippen molar-refractivity contribution in [3.63, 3.8) is 0 Å². The lowest BCUT2D eigenvalue weighted by Gasteiger charge is -2.11. The molecule has 2 nitrogen and oxygen atoms in total. The standard InChI is InChI=1S/C15H16ClNO/c1-10-3-6-15(18)12(7-10)9-17-14-5-4-13(16)8-11(14)2/h3-8,17-18H,9H2,1-2H3. The summed E-state index contributed by atoms with van der Waals surface area (Å²) in [6, 6.07) is 11.3. The van der Waals surface area contributed by atoms with Gasteiger partial charge in [0.25, 0.3) is 0 Å². The number of aromatic hydroxyl groups is 1. The van der Waals surface area contributed by atoms with Gasteiger partial charge >= 0.3 is 0 Å². The van der Waals surface area contributed by atoms with Crippen LogP contribution >= 0.6 is 11.6 Å². The van der Waals surface area contributed by atoms with Crippen LogP contribution in [-0.4, -0.2) is 5.11 Å². The summed E-state index contributed by atoms with van der Waals surface area (Å²) in [6.45, 7) is 4.61. The minimum Gasteiger partial charge on any atom is -0.508 e. The molecule has 0 aliphatic heterocycles. The second-order valence-corrected chi connectivity index (χ2v) is 4.88. The highest BCUT2D eigenvalue weighted by molar-refractivity contribution is 6.30. The van der Waals surface area contributed by atoms with E-state index in [0.717, 1.165) is 27.4 Å². The fourth-order valence-electron chi connectivity index (χ4n) is 1.87. The van der Waals surface area contributed by atoms with E-state index in [4.69, 9.17) is 11.6 Å². The molecule has 0 saturated carbocycles. The van der Waals surface area contributed by atoms with Gasteiger partial charge in [-0.05, 0) is 43.7 Å². The average Bonchev–Trinajstić information content (AvgIpc) is 2.32. The third-order valence-corrected chi connectivity index (χ3v) is 3.13. The molecule has 0 fully saturated rings. The molecule has 0 aliphatic rings. The number of phenols is 1. The third kappa shape index (κ3) is 2.96. The van der Waals surface area contributed by atoms with Crippen LogP contribution in [0.1, 0.15) is 16.7 Å². The lowest BCUT2D eigenvalue weighted by atomic mass is 10.1. The smallest absolute Gasteiger partial charge is 0.120 e. The first kappa shape index (κ1) is 12.8. The Morgan fingerprint density at radius 2 is 1.89 bits per heavy atom. The molecule has 2 rings (SSSR count). The van der Waals surface area contributed by atoms with E-state index >= 15 is 0 Å². The van der Waals surface area contributed by atoms with Gasteiger partial charge in [-0.1, -0.05) is 29.3 Å². The van der Waals surface area contributed by atoms with Gasteiger partial charge in [-0.15, -0.1) is 0 Å². The molecule has 0 saturated heterocycles. The zero-order valence-corrected chi connectivity index (χ0v) is 11.3. The number of hydrogen-bond acceptors (Lipinski definition) is 2. The number of hydrogen-bond donors (Lipinski definition) is 2. The Hall–Kier alpha value is -1.67. The van der Waals surface area contributed by atoms with Gasteiger partial charge in [0, 0.05) is 22.8 Å². The number of anilines is 1. The van der Waals surface area contributed by atoms with Crippen molar-refractivity contribution in [1.29, 1.82) is 0 Å². The monoisotopic (exact) mass is 261 g/mol. The van der Waals surface area contributed by atoms with Crippen LogP contribution in [0.4, 0.5) is 5.69 Å². The molecule has 0 unspecified atom stereocenters. The topological polar surface area (TPSA) is 32.3 Å². The predicted molar refractivity (Wildman–Crippen MR) is 76.4 cm³/mol. The van der Waals surface area contributed by atoms with Crippen molar-refractivity contribution in [2.45, 2.75) is 20.4 Å². The van der Waals surface area contributed by atoms with Gasteiger partial charge in [0.2, 0.25) is 0 Å². The van der Waals surface area contributed by atoms with E-state index in [9.17, 15) is 5.11 Å².